The quantitative estimate of drug-likeness (QED) is 0.809. The molecule has 2 unspecified atom stereocenters. The molecule has 0 spiro atoms. The average Bonchev–Trinajstić information content (AvgIpc) is 2.45. The van der Waals surface area contributed by atoms with Crippen LogP contribution in [0.1, 0.15) is 26.3 Å². The zero-order valence-electron chi connectivity index (χ0n) is 13.1. The molecule has 2 N–H and O–H groups in total. The first-order chi connectivity index (χ1) is 9.85. The molecule has 0 bridgehead atoms. The Bertz CT molecular complexity index is 485. The summed E-state index contributed by atoms with van der Waals surface area (Å²) in [5, 5.41) is 11.8. The highest BCUT2D eigenvalue weighted by atomic mass is 16.4. The van der Waals surface area contributed by atoms with Crippen molar-refractivity contribution in [1.29, 1.82) is 0 Å². The van der Waals surface area contributed by atoms with E-state index >= 15 is 0 Å². The van der Waals surface area contributed by atoms with E-state index in [4.69, 9.17) is 5.11 Å². The van der Waals surface area contributed by atoms with E-state index in [1.165, 1.54) is 0 Å². The number of benzene rings is 1. The molecule has 0 aliphatic carbocycles. The number of amides is 1. The van der Waals surface area contributed by atoms with E-state index in [-0.39, 0.29) is 11.9 Å². The molecule has 1 rings (SSSR count). The number of likely N-dealkylation sites (N-methyl/N-ethyl adjacent to an activating group) is 1. The van der Waals surface area contributed by atoms with Gasteiger partial charge >= 0.3 is 5.97 Å². The molecule has 0 fully saturated rings. The number of aryl methyl sites for hydroxylation is 1. The van der Waals surface area contributed by atoms with Crippen molar-refractivity contribution in [2.45, 2.75) is 33.7 Å². The van der Waals surface area contributed by atoms with Gasteiger partial charge in [-0.15, -0.1) is 0 Å². The summed E-state index contributed by atoms with van der Waals surface area (Å²) < 4.78 is 0. The Morgan fingerprint density at radius 2 is 1.81 bits per heavy atom. The molecule has 1 amide bonds. The molecule has 116 valence electrons. The number of carbonyl (C=O) groups excluding carboxylic acids is 1. The minimum atomic E-state index is -0.848. The molecule has 21 heavy (non-hydrogen) atoms. The van der Waals surface area contributed by atoms with E-state index in [0.717, 1.165) is 11.3 Å². The summed E-state index contributed by atoms with van der Waals surface area (Å²) in [6, 6.07) is 7.21. The van der Waals surface area contributed by atoms with Crippen LogP contribution in [0.5, 0.6) is 0 Å². The van der Waals surface area contributed by atoms with Crippen molar-refractivity contribution in [2.75, 3.05) is 18.4 Å². The lowest BCUT2D eigenvalue weighted by Gasteiger charge is -2.28. The van der Waals surface area contributed by atoms with Crippen molar-refractivity contribution in [3.05, 3.63) is 29.8 Å². The molecule has 0 aromatic heterocycles. The van der Waals surface area contributed by atoms with Crippen molar-refractivity contribution >= 4 is 17.6 Å². The van der Waals surface area contributed by atoms with Crippen LogP contribution in [0.4, 0.5) is 5.69 Å². The fraction of sp³-hybridized carbons (Fsp3) is 0.500. The summed E-state index contributed by atoms with van der Waals surface area (Å²) in [4.78, 5) is 25.1. The Labute approximate surface area is 126 Å². The van der Waals surface area contributed by atoms with E-state index in [9.17, 15) is 9.59 Å². The normalized spacial score (nSPS) is 13.8. The molecule has 0 aliphatic heterocycles. The number of anilines is 1. The number of aliphatic carboxylic acids is 1. The summed E-state index contributed by atoms with van der Waals surface area (Å²) >= 11 is 0. The van der Waals surface area contributed by atoms with E-state index in [2.05, 4.69) is 5.32 Å². The number of hydrogen-bond donors (Lipinski definition) is 2. The van der Waals surface area contributed by atoms with Crippen molar-refractivity contribution in [3.8, 4) is 0 Å². The molecule has 0 aliphatic rings. The first-order valence-electron chi connectivity index (χ1n) is 7.19. The lowest BCUT2D eigenvalue weighted by molar-refractivity contribution is -0.142. The van der Waals surface area contributed by atoms with E-state index in [1.807, 2.05) is 43.0 Å². The van der Waals surface area contributed by atoms with Crippen LogP contribution in [-0.4, -0.2) is 41.0 Å². The molecule has 0 heterocycles. The largest absolute Gasteiger partial charge is 0.481 e. The second-order valence-corrected chi connectivity index (χ2v) is 5.36. The molecule has 1 aromatic rings. The molecule has 0 saturated heterocycles. The molecule has 1 aromatic carbocycles. The third-order valence-electron chi connectivity index (χ3n) is 3.58. The second-order valence-electron chi connectivity index (χ2n) is 5.36. The highest BCUT2D eigenvalue weighted by Crippen LogP contribution is 2.11. The van der Waals surface area contributed by atoms with Crippen LogP contribution in [0.3, 0.4) is 0 Å². The van der Waals surface area contributed by atoms with Crippen molar-refractivity contribution in [2.24, 2.45) is 5.92 Å². The first kappa shape index (κ1) is 17.2. The maximum absolute atomic E-state index is 12.2. The van der Waals surface area contributed by atoms with Crippen LogP contribution in [-0.2, 0) is 9.59 Å². The lowest BCUT2D eigenvalue weighted by atomic mass is 10.1. The van der Waals surface area contributed by atoms with Crippen LogP contribution in [0.2, 0.25) is 0 Å². The number of nitrogens with one attached hydrogen (secondary N) is 1. The minimum absolute atomic E-state index is 0.127. The molecule has 0 radical (unpaired) electrons. The predicted octanol–water partition coefficient (Wildman–Crippen LogP) is 2.36. The number of carbonyl (C=O) groups is 2. The number of hydrogen-bond acceptors (Lipinski definition) is 3. The van der Waals surface area contributed by atoms with Gasteiger partial charge in [0, 0.05) is 12.2 Å². The third kappa shape index (κ3) is 5.19. The van der Waals surface area contributed by atoms with Crippen molar-refractivity contribution in [3.63, 3.8) is 0 Å². The molecule has 5 nitrogen and oxygen atoms in total. The zero-order chi connectivity index (χ0) is 16.0. The number of rotatable bonds is 7. The van der Waals surface area contributed by atoms with E-state index in [0.29, 0.717) is 13.1 Å². The SMILES string of the molecule is CCN(CC(C)C(=O)O)C(C)C(=O)Nc1ccc(C)cc1. The van der Waals surface area contributed by atoms with Crippen molar-refractivity contribution < 1.29 is 14.7 Å². The smallest absolute Gasteiger partial charge is 0.307 e. The summed E-state index contributed by atoms with van der Waals surface area (Å²) in [7, 11) is 0. The highest BCUT2D eigenvalue weighted by molar-refractivity contribution is 5.94. The highest BCUT2D eigenvalue weighted by Gasteiger charge is 2.24. The Balaban J connectivity index is 2.66. The Morgan fingerprint density at radius 1 is 1.24 bits per heavy atom. The maximum Gasteiger partial charge on any atom is 0.307 e. The summed E-state index contributed by atoms with van der Waals surface area (Å²) in [6.45, 7) is 8.33. The molecule has 2 atom stereocenters. The Morgan fingerprint density at radius 3 is 2.29 bits per heavy atom. The average molecular weight is 292 g/mol. The van der Waals surface area contributed by atoms with Gasteiger partial charge in [-0.05, 0) is 32.5 Å². The first-order valence-corrected chi connectivity index (χ1v) is 7.19. The van der Waals surface area contributed by atoms with Crippen molar-refractivity contribution in [1.82, 2.24) is 4.90 Å². The molecule has 0 saturated carbocycles. The zero-order valence-corrected chi connectivity index (χ0v) is 13.1. The van der Waals surface area contributed by atoms with E-state index < -0.39 is 11.9 Å². The summed E-state index contributed by atoms with van der Waals surface area (Å²) in [5.41, 5.74) is 1.88. The lowest BCUT2D eigenvalue weighted by Crippen LogP contribution is -2.44. The van der Waals surface area contributed by atoms with Crippen LogP contribution in [0.25, 0.3) is 0 Å². The second kappa shape index (κ2) is 7.78. The molecule has 5 heteroatoms. The van der Waals surface area contributed by atoms with E-state index in [1.54, 1.807) is 13.8 Å². The van der Waals surface area contributed by atoms with Gasteiger partial charge < -0.3 is 10.4 Å². The topological polar surface area (TPSA) is 69.6 Å². The van der Waals surface area contributed by atoms with Crippen LogP contribution >= 0.6 is 0 Å². The van der Waals surface area contributed by atoms with Gasteiger partial charge in [-0.1, -0.05) is 31.5 Å². The number of carboxylic acids is 1. The monoisotopic (exact) mass is 292 g/mol. The summed E-state index contributed by atoms with van der Waals surface area (Å²) in [5.74, 6) is -1.47. The Hall–Kier alpha value is -1.88. The van der Waals surface area contributed by atoms with Gasteiger partial charge in [-0.3, -0.25) is 14.5 Å². The standard InChI is InChI=1S/C16H24N2O3/c1-5-18(10-12(3)16(20)21)13(4)15(19)17-14-8-6-11(2)7-9-14/h6-9,12-13H,5,10H2,1-4H3,(H,17,19)(H,20,21). The van der Waals surface area contributed by atoms with Gasteiger partial charge in [-0.2, -0.15) is 0 Å². The van der Waals surface area contributed by atoms with Gasteiger partial charge in [0.15, 0.2) is 0 Å². The van der Waals surface area contributed by atoms with Gasteiger partial charge in [0.25, 0.3) is 0 Å². The van der Waals surface area contributed by atoms with Crippen LogP contribution < -0.4 is 5.32 Å². The van der Waals surface area contributed by atoms with Gasteiger partial charge in [0.1, 0.15) is 0 Å². The third-order valence-corrected chi connectivity index (χ3v) is 3.58. The van der Waals surface area contributed by atoms with Crippen LogP contribution in [0.15, 0.2) is 24.3 Å². The van der Waals surface area contributed by atoms with Gasteiger partial charge in [0.2, 0.25) is 5.91 Å². The molecular formula is C16H24N2O3. The Kier molecular flexibility index (Phi) is 6.37. The molecular weight excluding hydrogens is 268 g/mol. The maximum atomic E-state index is 12.2. The predicted molar refractivity (Wildman–Crippen MR) is 83.3 cm³/mol. The summed E-state index contributed by atoms with van der Waals surface area (Å²) in [6.07, 6.45) is 0. The van der Waals surface area contributed by atoms with Gasteiger partial charge in [0.05, 0.1) is 12.0 Å². The fourth-order valence-electron chi connectivity index (χ4n) is 2.04. The number of nitrogens with zero attached hydrogens (tertiary/aromatic N) is 1. The fourth-order valence-corrected chi connectivity index (χ4v) is 2.04. The van der Waals surface area contributed by atoms with Gasteiger partial charge in [-0.25, -0.2) is 0 Å². The number of carboxylic acid groups (broad SMARTS) is 1. The van der Waals surface area contributed by atoms with Crippen LogP contribution in [0, 0.1) is 12.8 Å². The minimum Gasteiger partial charge on any atom is -0.481 e.